The first kappa shape index (κ1) is 12.9. The average molecular weight is 258 g/mol. The summed E-state index contributed by atoms with van der Waals surface area (Å²) in [5, 5.41) is 5.75. The van der Waals surface area contributed by atoms with E-state index in [0.717, 1.165) is 12.1 Å². The topological polar surface area (TPSA) is 41.1 Å². The van der Waals surface area contributed by atoms with Gasteiger partial charge in [0.1, 0.15) is 0 Å². The lowest BCUT2D eigenvalue weighted by Gasteiger charge is -2.23. The van der Waals surface area contributed by atoms with Crippen LogP contribution < -0.4 is 10.6 Å². The summed E-state index contributed by atoms with van der Waals surface area (Å²) in [5.41, 5.74) is 0.336. The molecule has 1 heterocycles. The molecule has 0 saturated carbocycles. The molecule has 1 aliphatic heterocycles. The second-order valence-electron chi connectivity index (χ2n) is 4.29. The predicted molar refractivity (Wildman–Crippen MR) is 59.2 cm³/mol. The van der Waals surface area contributed by atoms with E-state index in [4.69, 9.17) is 0 Å². The molecular formula is C12H13F3N2O. The van der Waals surface area contributed by atoms with Gasteiger partial charge in [0.05, 0.1) is 0 Å². The van der Waals surface area contributed by atoms with Crippen molar-refractivity contribution in [3.63, 3.8) is 0 Å². The summed E-state index contributed by atoms with van der Waals surface area (Å²) in [6.45, 7) is 0.722. The maximum absolute atomic E-state index is 13.0. The highest BCUT2D eigenvalue weighted by molar-refractivity contribution is 5.76. The molecule has 2 N–H and O–H groups in total. The van der Waals surface area contributed by atoms with Crippen molar-refractivity contribution in [1.29, 1.82) is 0 Å². The van der Waals surface area contributed by atoms with Crippen LogP contribution in [0.4, 0.5) is 13.2 Å². The van der Waals surface area contributed by atoms with Gasteiger partial charge in [0.2, 0.25) is 5.91 Å². The quantitative estimate of drug-likeness (QED) is 0.806. The summed E-state index contributed by atoms with van der Waals surface area (Å²) in [5.74, 6) is -3.83. The summed E-state index contributed by atoms with van der Waals surface area (Å²) >= 11 is 0. The van der Waals surface area contributed by atoms with Crippen LogP contribution in [-0.2, 0) is 11.3 Å². The van der Waals surface area contributed by atoms with Gasteiger partial charge in [0, 0.05) is 25.6 Å². The van der Waals surface area contributed by atoms with Gasteiger partial charge in [-0.15, -0.1) is 0 Å². The van der Waals surface area contributed by atoms with Gasteiger partial charge in [-0.05, 0) is 24.1 Å². The molecule has 1 aromatic rings. The first-order chi connectivity index (χ1) is 8.56. The molecule has 1 unspecified atom stereocenters. The third kappa shape index (κ3) is 3.01. The Bertz CT molecular complexity index is 432. The van der Waals surface area contributed by atoms with Gasteiger partial charge in [-0.1, -0.05) is 0 Å². The zero-order chi connectivity index (χ0) is 13.1. The zero-order valence-corrected chi connectivity index (χ0v) is 9.60. The lowest BCUT2D eigenvalue weighted by molar-refractivity contribution is -0.122. The number of nitrogens with one attached hydrogen (secondary N) is 2. The molecule has 1 fully saturated rings. The maximum atomic E-state index is 13.0. The highest BCUT2D eigenvalue weighted by Gasteiger charge is 2.17. The molecule has 0 bridgehead atoms. The molecule has 1 saturated heterocycles. The van der Waals surface area contributed by atoms with Crippen molar-refractivity contribution in [2.45, 2.75) is 25.4 Å². The number of amides is 1. The fourth-order valence-electron chi connectivity index (χ4n) is 1.88. The summed E-state index contributed by atoms with van der Waals surface area (Å²) in [7, 11) is 0. The molecule has 2 rings (SSSR count). The van der Waals surface area contributed by atoms with Crippen molar-refractivity contribution in [1.82, 2.24) is 10.6 Å². The Labute approximate surface area is 102 Å². The van der Waals surface area contributed by atoms with Gasteiger partial charge >= 0.3 is 0 Å². The third-order valence-corrected chi connectivity index (χ3v) is 2.90. The number of hydrogen-bond donors (Lipinski definition) is 2. The van der Waals surface area contributed by atoms with Crippen molar-refractivity contribution in [2.24, 2.45) is 0 Å². The van der Waals surface area contributed by atoms with Gasteiger partial charge < -0.3 is 10.6 Å². The Kier molecular flexibility index (Phi) is 3.86. The Hall–Kier alpha value is -1.56. The number of halogens is 3. The second kappa shape index (κ2) is 5.39. The molecule has 1 amide bonds. The highest BCUT2D eigenvalue weighted by atomic mass is 19.2. The molecular weight excluding hydrogens is 245 g/mol. The summed E-state index contributed by atoms with van der Waals surface area (Å²) in [4.78, 5) is 10.9. The number of hydrogen-bond acceptors (Lipinski definition) is 2. The molecule has 1 atom stereocenters. The van der Waals surface area contributed by atoms with E-state index < -0.39 is 17.5 Å². The average Bonchev–Trinajstić information content (AvgIpc) is 2.35. The van der Waals surface area contributed by atoms with Gasteiger partial charge in [0.25, 0.3) is 0 Å². The fourth-order valence-corrected chi connectivity index (χ4v) is 1.88. The van der Waals surface area contributed by atoms with Crippen LogP contribution in [0, 0.1) is 17.5 Å². The van der Waals surface area contributed by atoms with E-state index in [1.807, 2.05) is 0 Å². The fraction of sp³-hybridized carbons (Fsp3) is 0.417. The van der Waals surface area contributed by atoms with Crippen LogP contribution in [-0.4, -0.2) is 18.5 Å². The SMILES string of the molecule is O=C1CCC(NCc2cc(F)c(F)c(F)c2)CN1. The Morgan fingerprint density at radius 2 is 1.94 bits per heavy atom. The second-order valence-corrected chi connectivity index (χ2v) is 4.29. The van der Waals surface area contributed by atoms with Gasteiger partial charge in [-0.25, -0.2) is 13.2 Å². The van der Waals surface area contributed by atoms with E-state index in [1.54, 1.807) is 0 Å². The summed E-state index contributed by atoms with van der Waals surface area (Å²) < 4.78 is 38.6. The van der Waals surface area contributed by atoms with Crippen LogP contribution in [0.25, 0.3) is 0 Å². The van der Waals surface area contributed by atoms with Crippen LogP contribution in [0.2, 0.25) is 0 Å². The van der Waals surface area contributed by atoms with E-state index in [2.05, 4.69) is 10.6 Å². The molecule has 6 heteroatoms. The van der Waals surface area contributed by atoms with Crippen LogP contribution in [0.5, 0.6) is 0 Å². The smallest absolute Gasteiger partial charge is 0.220 e. The predicted octanol–water partition coefficient (Wildman–Crippen LogP) is 1.47. The Balaban J connectivity index is 1.92. The summed E-state index contributed by atoms with van der Waals surface area (Å²) in [6, 6.07) is 2.00. The highest BCUT2D eigenvalue weighted by Crippen LogP contribution is 2.14. The van der Waals surface area contributed by atoms with Crippen molar-refractivity contribution in [3.05, 3.63) is 35.1 Å². The number of rotatable bonds is 3. The molecule has 3 nitrogen and oxygen atoms in total. The molecule has 1 aromatic carbocycles. The number of carbonyl (C=O) groups excluding carboxylic acids is 1. The van der Waals surface area contributed by atoms with Crippen LogP contribution in [0.3, 0.4) is 0 Å². The first-order valence-corrected chi connectivity index (χ1v) is 5.70. The lowest BCUT2D eigenvalue weighted by atomic mass is 10.1. The van der Waals surface area contributed by atoms with E-state index in [0.29, 0.717) is 24.9 Å². The molecule has 98 valence electrons. The zero-order valence-electron chi connectivity index (χ0n) is 9.60. The van der Waals surface area contributed by atoms with E-state index >= 15 is 0 Å². The van der Waals surface area contributed by atoms with Crippen LogP contribution >= 0.6 is 0 Å². The summed E-state index contributed by atoms with van der Waals surface area (Å²) in [6.07, 6.45) is 1.11. The normalized spacial score (nSPS) is 19.7. The van der Waals surface area contributed by atoms with Crippen LogP contribution in [0.1, 0.15) is 18.4 Å². The maximum Gasteiger partial charge on any atom is 0.220 e. The van der Waals surface area contributed by atoms with Gasteiger partial charge in [-0.2, -0.15) is 0 Å². The number of carbonyl (C=O) groups is 1. The van der Waals surface area contributed by atoms with Gasteiger partial charge in [-0.3, -0.25) is 4.79 Å². The molecule has 0 aliphatic carbocycles. The number of benzene rings is 1. The van der Waals surface area contributed by atoms with Crippen molar-refractivity contribution in [3.8, 4) is 0 Å². The van der Waals surface area contributed by atoms with Crippen molar-refractivity contribution >= 4 is 5.91 Å². The van der Waals surface area contributed by atoms with E-state index in [1.165, 1.54) is 0 Å². The Morgan fingerprint density at radius 1 is 1.28 bits per heavy atom. The standard InChI is InChI=1S/C12H13F3N2O/c13-9-3-7(4-10(14)12(9)15)5-16-8-1-2-11(18)17-6-8/h3-4,8,16H,1-2,5-6H2,(H,17,18). The van der Waals surface area contributed by atoms with Crippen molar-refractivity contribution in [2.75, 3.05) is 6.54 Å². The third-order valence-electron chi connectivity index (χ3n) is 2.90. The molecule has 0 radical (unpaired) electrons. The van der Waals surface area contributed by atoms with E-state index in [-0.39, 0.29) is 18.5 Å². The number of piperidine rings is 1. The molecule has 18 heavy (non-hydrogen) atoms. The monoisotopic (exact) mass is 258 g/mol. The first-order valence-electron chi connectivity index (χ1n) is 5.70. The van der Waals surface area contributed by atoms with Crippen molar-refractivity contribution < 1.29 is 18.0 Å². The van der Waals surface area contributed by atoms with E-state index in [9.17, 15) is 18.0 Å². The largest absolute Gasteiger partial charge is 0.355 e. The molecule has 0 spiro atoms. The lowest BCUT2D eigenvalue weighted by Crippen LogP contribution is -2.45. The minimum atomic E-state index is -1.45. The van der Waals surface area contributed by atoms with Crippen LogP contribution in [0.15, 0.2) is 12.1 Å². The van der Waals surface area contributed by atoms with Gasteiger partial charge in [0.15, 0.2) is 17.5 Å². The molecule has 0 aromatic heterocycles. The molecule has 1 aliphatic rings. The minimum Gasteiger partial charge on any atom is -0.355 e. The minimum absolute atomic E-state index is 0.00641. The Morgan fingerprint density at radius 3 is 2.50 bits per heavy atom.